The number of aromatic nitrogens is 3. The molecule has 4 aromatic rings. The van der Waals surface area contributed by atoms with Gasteiger partial charge < -0.3 is 13.7 Å². The van der Waals surface area contributed by atoms with E-state index in [1.165, 1.54) is 10.4 Å². The maximum atomic E-state index is 7.19. The number of benzene rings is 3. The van der Waals surface area contributed by atoms with Crippen molar-refractivity contribution >= 4 is 34.6 Å². The second kappa shape index (κ2) is 9.13. The van der Waals surface area contributed by atoms with Crippen molar-refractivity contribution in [1.29, 1.82) is 0 Å². The fourth-order valence-corrected chi connectivity index (χ4v) is 9.98. The Bertz CT molecular complexity index is 1230. The molecule has 1 aliphatic heterocycles. The van der Waals surface area contributed by atoms with Gasteiger partial charge in [-0.05, 0) is 43.5 Å². The fraction of sp³-hybridized carbons (Fsp3) is 0.259. The van der Waals surface area contributed by atoms with E-state index in [0.717, 1.165) is 21.6 Å². The summed E-state index contributed by atoms with van der Waals surface area (Å²) in [5, 5.41) is 11.1. The third-order valence-corrected chi connectivity index (χ3v) is 12.1. The highest BCUT2D eigenvalue weighted by Gasteiger charge is 2.50. The van der Waals surface area contributed by atoms with Gasteiger partial charge in [-0.1, -0.05) is 87.5 Å². The molecule has 0 saturated carbocycles. The van der Waals surface area contributed by atoms with Crippen LogP contribution in [0.1, 0.15) is 26.8 Å². The Balaban J connectivity index is 1.56. The van der Waals surface area contributed by atoms with E-state index in [0.29, 0.717) is 13.2 Å². The van der Waals surface area contributed by atoms with Gasteiger partial charge in [0, 0.05) is 0 Å². The highest BCUT2D eigenvalue weighted by molar-refractivity contribution is 9.10. The van der Waals surface area contributed by atoms with E-state index in [2.05, 4.69) is 112 Å². The van der Waals surface area contributed by atoms with Crippen LogP contribution in [0.15, 0.2) is 89.7 Å². The molecule has 0 N–H and O–H groups in total. The summed E-state index contributed by atoms with van der Waals surface area (Å²) in [5.74, 6) is 1.59. The topological polar surface area (TPSA) is 49.2 Å². The van der Waals surface area contributed by atoms with Gasteiger partial charge in [0.25, 0.3) is 8.32 Å². The van der Waals surface area contributed by atoms with Crippen molar-refractivity contribution in [1.82, 2.24) is 14.8 Å². The van der Waals surface area contributed by atoms with Crippen LogP contribution in [0.4, 0.5) is 0 Å². The molecular weight excluding hydrogens is 506 g/mol. The van der Waals surface area contributed by atoms with Gasteiger partial charge in [0.2, 0.25) is 0 Å². The molecule has 2 heterocycles. The van der Waals surface area contributed by atoms with Gasteiger partial charge in [-0.15, -0.1) is 10.2 Å². The first-order valence-corrected chi connectivity index (χ1v) is 14.2. The van der Waals surface area contributed by atoms with E-state index in [1.54, 1.807) is 6.33 Å². The van der Waals surface area contributed by atoms with Crippen molar-refractivity contribution in [3.05, 3.63) is 89.7 Å². The number of para-hydroxylation sites is 1. The lowest BCUT2D eigenvalue weighted by Gasteiger charge is -2.43. The largest absolute Gasteiger partial charge is 0.489 e. The Kier molecular flexibility index (Phi) is 6.18. The minimum Gasteiger partial charge on any atom is -0.489 e. The summed E-state index contributed by atoms with van der Waals surface area (Å²) in [6, 6.07) is 27.3. The zero-order valence-electron chi connectivity index (χ0n) is 19.6. The molecule has 1 aromatic heterocycles. The summed E-state index contributed by atoms with van der Waals surface area (Å²) in [6.07, 6.45) is 1.79. The summed E-state index contributed by atoms with van der Waals surface area (Å²) in [4.78, 5) is 0. The minimum absolute atomic E-state index is 0.0639. The molecule has 1 unspecified atom stereocenters. The molecule has 34 heavy (non-hydrogen) atoms. The Morgan fingerprint density at radius 2 is 1.62 bits per heavy atom. The van der Waals surface area contributed by atoms with Crippen LogP contribution in [-0.4, -0.2) is 36.3 Å². The van der Waals surface area contributed by atoms with Gasteiger partial charge in [-0.2, -0.15) is 0 Å². The molecule has 0 fully saturated rings. The zero-order valence-corrected chi connectivity index (χ0v) is 22.2. The second-order valence-corrected chi connectivity index (χ2v) is 14.8. The second-order valence-electron chi connectivity index (χ2n) is 9.62. The summed E-state index contributed by atoms with van der Waals surface area (Å²) < 4.78 is 16.5. The highest BCUT2D eigenvalue weighted by Crippen LogP contribution is 2.40. The molecule has 0 spiro atoms. The van der Waals surface area contributed by atoms with Gasteiger partial charge in [0.05, 0.1) is 22.7 Å². The van der Waals surface area contributed by atoms with Gasteiger partial charge in [0.15, 0.2) is 5.82 Å². The van der Waals surface area contributed by atoms with Crippen molar-refractivity contribution < 1.29 is 9.16 Å². The molecule has 0 radical (unpaired) electrons. The minimum atomic E-state index is -2.66. The molecule has 7 heteroatoms. The number of hydrogen-bond acceptors (Lipinski definition) is 4. The summed E-state index contributed by atoms with van der Waals surface area (Å²) >= 11 is 3.63. The highest BCUT2D eigenvalue weighted by atomic mass is 79.9. The smallest absolute Gasteiger partial charge is 0.261 e. The van der Waals surface area contributed by atoms with Crippen LogP contribution in [0.25, 0.3) is 11.4 Å². The van der Waals surface area contributed by atoms with E-state index in [4.69, 9.17) is 9.16 Å². The molecule has 0 amide bonds. The molecule has 5 nitrogen and oxygen atoms in total. The molecule has 5 rings (SSSR count). The maximum Gasteiger partial charge on any atom is 0.261 e. The summed E-state index contributed by atoms with van der Waals surface area (Å²) in [5.41, 5.74) is 0.930. The average molecular weight is 535 g/mol. The van der Waals surface area contributed by atoms with Crippen molar-refractivity contribution in [2.75, 3.05) is 13.2 Å². The lowest BCUT2D eigenvalue weighted by Crippen LogP contribution is -2.67. The monoisotopic (exact) mass is 533 g/mol. The van der Waals surface area contributed by atoms with Gasteiger partial charge in [-0.3, -0.25) is 0 Å². The molecular formula is C27H28BrN3O2Si. The predicted molar refractivity (Wildman–Crippen MR) is 141 cm³/mol. The first kappa shape index (κ1) is 23.0. The van der Waals surface area contributed by atoms with Crippen LogP contribution >= 0.6 is 15.9 Å². The number of fused-ring (bicyclic) bond motifs is 3. The molecule has 3 aromatic carbocycles. The molecule has 1 atom stereocenters. The molecule has 1 aliphatic rings. The number of nitrogens with zero attached hydrogens (tertiary/aromatic N) is 3. The lowest BCUT2D eigenvalue weighted by atomic mass is 10.2. The fourth-order valence-electron chi connectivity index (χ4n) is 4.91. The van der Waals surface area contributed by atoms with Crippen LogP contribution in [0, 0.1) is 0 Å². The van der Waals surface area contributed by atoms with E-state index < -0.39 is 8.32 Å². The van der Waals surface area contributed by atoms with E-state index in [-0.39, 0.29) is 11.1 Å². The van der Waals surface area contributed by atoms with Crippen LogP contribution in [-0.2, 0) is 4.43 Å². The summed E-state index contributed by atoms with van der Waals surface area (Å²) in [7, 11) is -2.66. The van der Waals surface area contributed by atoms with E-state index >= 15 is 0 Å². The Morgan fingerprint density at radius 3 is 2.24 bits per heavy atom. The normalized spacial score (nSPS) is 15.7. The first-order chi connectivity index (χ1) is 16.4. The molecule has 0 bridgehead atoms. The lowest BCUT2D eigenvalue weighted by molar-refractivity contribution is 0.178. The van der Waals surface area contributed by atoms with Crippen molar-refractivity contribution in [3.63, 3.8) is 0 Å². The SMILES string of the molecule is CC(C)(C)[Si](OCC1COc2c(Br)cccc2-c2nncn21)(c1ccccc1)c1ccccc1. The van der Waals surface area contributed by atoms with Crippen molar-refractivity contribution in [2.45, 2.75) is 31.9 Å². The predicted octanol–water partition coefficient (Wildman–Crippen LogP) is 5.22. The standard InChI is InChI=1S/C27H28BrN3O2Si/c1-27(2,3)34(21-11-6-4-7-12-21,22-13-8-5-9-14-22)33-18-20-17-32-25-23(15-10-16-24(25)28)26-30-29-19-31(20)26/h4-16,19-20H,17-18H2,1-3H3. The van der Waals surface area contributed by atoms with Crippen molar-refractivity contribution in [2.24, 2.45) is 0 Å². The van der Waals surface area contributed by atoms with Gasteiger partial charge in [0.1, 0.15) is 18.7 Å². The van der Waals surface area contributed by atoms with Crippen LogP contribution in [0.2, 0.25) is 5.04 Å². The Morgan fingerprint density at radius 1 is 0.971 bits per heavy atom. The van der Waals surface area contributed by atoms with Crippen LogP contribution in [0.5, 0.6) is 5.75 Å². The molecule has 0 aliphatic carbocycles. The number of ether oxygens (including phenoxy) is 1. The Labute approximate surface area is 210 Å². The third kappa shape index (κ3) is 3.91. The first-order valence-electron chi connectivity index (χ1n) is 11.5. The zero-order chi connectivity index (χ0) is 23.8. The van der Waals surface area contributed by atoms with E-state index in [1.807, 2.05) is 18.2 Å². The number of halogens is 1. The summed E-state index contributed by atoms with van der Waals surface area (Å²) in [6.45, 7) is 7.84. The van der Waals surface area contributed by atoms with Crippen LogP contribution < -0.4 is 15.1 Å². The van der Waals surface area contributed by atoms with Crippen molar-refractivity contribution in [3.8, 4) is 17.1 Å². The van der Waals surface area contributed by atoms with Gasteiger partial charge >= 0.3 is 0 Å². The number of hydrogen-bond donors (Lipinski definition) is 0. The average Bonchev–Trinajstić information content (AvgIpc) is 3.26. The molecule has 0 saturated heterocycles. The third-order valence-electron chi connectivity index (χ3n) is 6.50. The Hall–Kier alpha value is -2.74. The van der Waals surface area contributed by atoms with Crippen LogP contribution in [0.3, 0.4) is 0 Å². The number of rotatable bonds is 5. The quantitative estimate of drug-likeness (QED) is 0.330. The van der Waals surface area contributed by atoms with E-state index in [9.17, 15) is 0 Å². The molecule has 174 valence electrons. The van der Waals surface area contributed by atoms with Gasteiger partial charge in [-0.25, -0.2) is 0 Å². The maximum absolute atomic E-state index is 7.19.